The summed E-state index contributed by atoms with van der Waals surface area (Å²) >= 11 is 0. The molecule has 2 rings (SSSR count). The molecule has 0 radical (unpaired) electrons. The van der Waals surface area contributed by atoms with Gasteiger partial charge in [-0.2, -0.15) is 0 Å². The smallest absolute Gasteiger partial charge is 0.266 e. The second-order valence-electron chi connectivity index (χ2n) is 3.44. The Bertz CT molecular complexity index is 569. The standard InChI is InChI=1S/C12H8N2O3/c1-2-7-13-11-6-4-3-5-9(11)10(12(13)15)8-14(16)17/h1,3-6,8H,7H2. The molecule has 84 valence electrons. The Morgan fingerprint density at radius 2 is 2.18 bits per heavy atom. The van der Waals surface area contributed by atoms with Crippen LogP contribution in [-0.4, -0.2) is 17.4 Å². The first-order chi connectivity index (χ1) is 8.15. The maximum Gasteiger partial charge on any atom is 0.266 e. The lowest BCUT2D eigenvalue weighted by atomic mass is 10.1. The highest BCUT2D eigenvalue weighted by atomic mass is 16.6. The van der Waals surface area contributed by atoms with Crippen LogP contribution in [0.3, 0.4) is 0 Å². The highest BCUT2D eigenvalue weighted by Crippen LogP contribution is 2.35. The van der Waals surface area contributed by atoms with Gasteiger partial charge in [-0.05, 0) is 6.07 Å². The van der Waals surface area contributed by atoms with Crippen molar-refractivity contribution < 1.29 is 9.72 Å². The molecule has 0 bridgehead atoms. The number of carbonyl (C=O) groups is 1. The summed E-state index contributed by atoms with van der Waals surface area (Å²) in [6.45, 7) is 0.102. The van der Waals surface area contributed by atoms with Crippen LogP contribution in [-0.2, 0) is 4.79 Å². The molecule has 5 nitrogen and oxygen atoms in total. The van der Waals surface area contributed by atoms with E-state index in [4.69, 9.17) is 6.42 Å². The predicted molar refractivity (Wildman–Crippen MR) is 62.6 cm³/mol. The summed E-state index contributed by atoms with van der Waals surface area (Å²) in [6.07, 6.45) is 5.90. The molecule has 0 spiro atoms. The topological polar surface area (TPSA) is 63.5 Å². The van der Waals surface area contributed by atoms with E-state index in [0.717, 1.165) is 6.20 Å². The molecule has 0 N–H and O–H groups in total. The Hall–Kier alpha value is -2.61. The number of rotatable bonds is 2. The number of fused-ring (bicyclic) bond motifs is 1. The Kier molecular flexibility index (Phi) is 2.63. The molecule has 0 saturated carbocycles. The molecule has 1 heterocycles. The second kappa shape index (κ2) is 4.10. The maximum absolute atomic E-state index is 11.9. The first-order valence-corrected chi connectivity index (χ1v) is 4.85. The molecule has 1 aromatic carbocycles. The van der Waals surface area contributed by atoms with Crippen molar-refractivity contribution in [1.29, 1.82) is 0 Å². The minimum Gasteiger partial charge on any atom is -0.296 e. The van der Waals surface area contributed by atoms with Gasteiger partial charge in [0, 0.05) is 5.56 Å². The molecule has 0 saturated heterocycles. The van der Waals surface area contributed by atoms with E-state index < -0.39 is 10.8 Å². The average Bonchev–Trinajstić information content (AvgIpc) is 2.55. The van der Waals surface area contributed by atoms with E-state index in [0.29, 0.717) is 11.3 Å². The minimum absolute atomic E-state index is 0.0702. The number of amides is 1. The molecule has 5 heteroatoms. The Labute approximate surface area is 97.5 Å². The van der Waals surface area contributed by atoms with Crippen LogP contribution >= 0.6 is 0 Å². The normalized spacial score (nSPS) is 15.8. The van der Waals surface area contributed by atoms with Gasteiger partial charge in [0.15, 0.2) is 0 Å². The molecular formula is C12H8N2O3. The number of nitrogens with zero attached hydrogens (tertiary/aromatic N) is 2. The number of hydrogen-bond donors (Lipinski definition) is 0. The third kappa shape index (κ3) is 1.76. The first kappa shape index (κ1) is 10.9. The third-order valence-electron chi connectivity index (χ3n) is 2.44. The average molecular weight is 228 g/mol. The van der Waals surface area contributed by atoms with Gasteiger partial charge in [0.05, 0.1) is 17.2 Å². The van der Waals surface area contributed by atoms with Crippen LogP contribution in [0, 0.1) is 22.5 Å². The van der Waals surface area contributed by atoms with Crippen molar-refractivity contribution in [1.82, 2.24) is 0 Å². The molecular weight excluding hydrogens is 220 g/mol. The van der Waals surface area contributed by atoms with Gasteiger partial charge >= 0.3 is 0 Å². The molecule has 0 unspecified atom stereocenters. The summed E-state index contributed by atoms with van der Waals surface area (Å²) in [5.41, 5.74) is 1.23. The summed E-state index contributed by atoms with van der Waals surface area (Å²) < 4.78 is 0. The monoisotopic (exact) mass is 228 g/mol. The van der Waals surface area contributed by atoms with Crippen LogP contribution in [0.5, 0.6) is 0 Å². The zero-order chi connectivity index (χ0) is 12.4. The summed E-state index contributed by atoms with van der Waals surface area (Å²) in [7, 11) is 0. The van der Waals surface area contributed by atoms with E-state index in [2.05, 4.69) is 5.92 Å². The number of terminal acetylenes is 1. The van der Waals surface area contributed by atoms with E-state index in [1.165, 1.54) is 4.90 Å². The van der Waals surface area contributed by atoms with E-state index >= 15 is 0 Å². The van der Waals surface area contributed by atoms with E-state index in [9.17, 15) is 14.9 Å². The van der Waals surface area contributed by atoms with Crippen molar-refractivity contribution in [3.8, 4) is 12.3 Å². The minimum atomic E-state index is -0.636. The number of carbonyl (C=O) groups excluding carboxylic acids is 1. The summed E-state index contributed by atoms with van der Waals surface area (Å²) in [4.78, 5) is 23.2. The fourth-order valence-electron chi connectivity index (χ4n) is 1.79. The third-order valence-corrected chi connectivity index (χ3v) is 2.44. The largest absolute Gasteiger partial charge is 0.296 e. The van der Waals surface area contributed by atoms with Crippen molar-refractivity contribution >= 4 is 17.2 Å². The lowest BCUT2D eigenvalue weighted by Crippen LogP contribution is -2.26. The predicted octanol–water partition coefficient (Wildman–Crippen LogP) is 1.28. The highest BCUT2D eigenvalue weighted by Gasteiger charge is 2.33. The number of nitro groups is 1. The second-order valence-corrected chi connectivity index (χ2v) is 3.44. The zero-order valence-electron chi connectivity index (χ0n) is 8.79. The lowest BCUT2D eigenvalue weighted by molar-refractivity contribution is -0.401. The van der Waals surface area contributed by atoms with E-state index in [-0.39, 0.29) is 12.1 Å². The summed E-state index contributed by atoms with van der Waals surface area (Å²) in [5, 5.41) is 10.5. The van der Waals surface area contributed by atoms with Crippen molar-refractivity contribution in [2.45, 2.75) is 0 Å². The molecule has 0 aliphatic carbocycles. The fourth-order valence-corrected chi connectivity index (χ4v) is 1.79. The van der Waals surface area contributed by atoms with Crippen LogP contribution in [0.4, 0.5) is 5.69 Å². The summed E-state index contributed by atoms with van der Waals surface area (Å²) in [6, 6.07) is 6.86. The van der Waals surface area contributed by atoms with Gasteiger partial charge in [0.1, 0.15) is 5.57 Å². The number of anilines is 1. The van der Waals surface area contributed by atoms with Crippen molar-refractivity contribution in [3.63, 3.8) is 0 Å². The highest BCUT2D eigenvalue weighted by molar-refractivity contribution is 6.32. The van der Waals surface area contributed by atoms with Crippen molar-refractivity contribution in [3.05, 3.63) is 46.1 Å². The molecule has 1 aliphatic rings. The molecule has 1 aromatic rings. The van der Waals surface area contributed by atoms with E-state index in [1.54, 1.807) is 24.3 Å². The Balaban J connectivity index is 2.57. The molecule has 17 heavy (non-hydrogen) atoms. The van der Waals surface area contributed by atoms with Gasteiger partial charge in [0.25, 0.3) is 5.91 Å². The maximum atomic E-state index is 11.9. The van der Waals surface area contributed by atoms with Crippen LogP contribution in [0.2, 0.25) is 0 Å². The molecule has 0 aromatic heterocycles. The van der Waals surface area contributed by atoms with Crippen LogP contribution in [0.25, 0.3) is 5.57 Å². The summed E-state index contributed by atoms with van der Waals surface area (Å²) in [5.74, 6) is 1.93. The molecule has 1 amide bonds. The Morgan fingerprint density at radius 1 is 1.47 bits per heavy atom. The Morgan fingerprint density at radius 3 is 2.82 bits per heavy atom. The SMILES string of the molecule is C#CCN1C(=O)C(=C[N+](=O)[O-])c2ccccc21. The van der Waals surface area contributed by atoms with Crippen LogP contribution in [0.15, 0.2) is 30.5 Å². The van der Waals surface area contributed by atoms with Crippen molar-refractivity contribution in [2.75, 3.05) is 11.4 Å². The van der Waals surface area contributed by atoms with Gasteiger partial charge in [-0.3, -0.25) is 19.8 Å². The fraction of sp³-hybridized carbons (Fsp3) is 0.0833. The van der Waals surface area contributed by atoms with Crippen LogP contribution < -0.4 is 4.90 Å². The van der Waals surface area contributed by atoms with Gasteiger partial charge in [-0.1, -0.05) is 24.1 Å². The molecule has 0 fully saturated rings. The van der Waals surface area contributed by atoms with E-state index in [1.807, 2.05) is 0 Å². The molecule has 1 aliphatic heterocycles. The first-order valence-electron chi connectivity index (χ1n) is 4.85. The van der Waals surface area contributed by atoms with Crippen molar-refractivity contribution in [2.24, 2.45) is 0 Å². The quantitative estimate of drug-likeness (QED) is 0.331. The van der Waals surface area contributed by atoms with Gasteiger partial charge in [-0.15, -0.1) is 6.42 Å². The molecule has 0 atom stereocenters. The number of benzene rings is 1. The van der Waals surface area contributed by atoms with Gasteiger partial charge in [0.2, 0.25) is 6.20 Å². The lowest BCUT2D eigenvalue weighted by Gasteiger charge is -2.12. The van der Waals surface area contributed by atoms with Crippen LogP contribution in [0.1, 0.15) is 5.56 Å². The van der Waals surface area contributed by atoms with Gasteiger partial charge < -0.3 is 0 Å². The van der Waals surface area contributed by atoms with Gasteiger partial charge in [-0.25, -0.2) is 0 Å². The number of hydrogen-bond acceptors (Lipinski definition) is 3. The number of para-hydroxylation sites is 1. The zero-order valence-corrected chi connectivity index (χ0v) is 8.79.